The molecule has 5 fully saturated rings. The van der Waals surface area contributed by atoms with Crippen LogP contribution in [0.5, 0.6) is 11.8 Å². The Kier molecular flexibility index (Phi) is 12.1. The number of halogens is 3. The predicted octanol–water partition coefficient (Wildman–Crippen LogP) is 7.28. The number of alkyl halides is 1. The highest BCUT2D eigenvalue weighted by atomic mass is 19.1. The second-order valence-electron chi connectivity index (χ2n) is 21.4. The van der Waals surface area contributed by atoms with E-state index in [1.165, 1.54) is 24.4 Å². The molecule has 14 nitrogen and oxygen atoms in total. The molecule has 0 spiro atoms. The lowest BCUT2D eigenvalue weighted by molar-refractivity contribution is -0.126. The second kappa shape index (κ2) is 18.2. The number of ether oxygens (including phenoxy) is 1. The van der Waals surface area contributed by atoms with Crippen molar-refractivity contribution in [1.29, 1.82) is 0 Å². The number of aliphatic hydroxyl groups is 1. The van der Waals surface area contributed by atoms with Crippen LogP contribution in [0.4, 0.5) is 24.7 Å². The Morgan fingerprint density at radius 1 is 0.901 bits per heavy atom. The number of benzene rings is 3. The number of aryl methyl sites for hydroxylation is 1. The number of hydrogen-bond acceptors (Lipinski definition) is 12. The molecule has 4 saturated heterocycles. The van der Waals surface area contributed by atoms with Gasteiger partial charge in [-0.25, -0.2) is 13.2 Å². The van der Waals surface area contributed by atoms with E-state index in [4.69, 9.17) is 9.72 Å². The average Bonchev–Trinajstić information content (AvgIpc) is 4.04. The largest absolute Gasteiger partial charge is 0.508 e. The van der Waals surface area contributed by atoms with Crippen molar-refractivity contribution < 1.29 is 37.7 Å². The van der Waals surface area contributed by atoms with Gasteiger partial charge in [-0.05, 0) is 123 Å². The number of carbonyl (C=O) groups excluding carboxylic acids is 2. The van der Waals surface area contributed by atoms with Crippen molar-refractivity contribution in [2.45, 2.75) is 95.5 Å². The third-order valence-corrected chi connectivity index (χ3v) is 16.0. The van der Waals surface area contributed by atoms with Crippen LogP contribution in [0.2, 0.25) is 0 Å². The Morgan fingerprint density at radius 3 is 2.41 bits per heavy atom. The van der Waals surface area contributed by atoms with Gasteiger partial charge in [0.25, 0.3) is 5.91 Å². The zero-order valence-corrected chi connectivity index (χ0v) is 40.6. The van der Waals surface area contributed by atoms with Crippen LogP contribution in [0, 0.1) is 17.0 Å². The Bertz CT molecular complexity index is 2950. The van der Waals surface area contributed by atoms with Gasteiger partial charge in [0.2, 0.25) is 5.91 Å². The monoisotopic (exact) mass is 973 g/mol. The number of piperidine rings is 3. The normalized spacial score (nSPS) is 23.7. The van der Waals surface area contributed by atoms with Gasteiger partial charge < -0.3 is 39.9 Å². The summed E-state index contributed by atoms with van der Waals surface area (Å²) in [6, 6.07) is 11.3. The summed E-state index contributed by atoms with van der Waals surface area (Å²) < 4.78 is 55.3. The molecule has 17 heteroatoms. The Morgan fingerprint density at radius 2 is 1.68 bits per heavy atom. The molecule has 1 saturated carbocycles. The highest BCUT2D eigenvalue weighted by Crippen LogP contribution is 2.48. The number of amides is 2. The van der Waals surface area contributed by atoms with Gasteiger partial charge in [-0.3, -0.25) is 19.5 Å². The van der Waals surface area contributed by atoms with Crippen LogP contribution in [0.3, 0.4) is 0 Å². The minimum atomic E-state index is -1.30. The molecule has 5 aromatic rings. The molecule has 0 radical (unpaired) electrons. The number of allylic oxidation sites excluding steroid dienone is 1. The minimum absolute atomic E-state index is 0.00202. The molecule has 3 aromatic carbocycles. The fourth-order valence-corrected chi connectivity index (χ4v) is 11.8. The summed E-state index contributed by atoms with van der Waals surface area (Å²) in [5, 5.41) is 26.0. The van der Waals surface area contributed by atoms with Gasteiger partial charge in [0.1, 0.15) is 40.3 Å². The van der Waals surface area contributed by atoms with Gasteiger partial charge in [0.15, 0.2) is 5.82 Å². The minimum Gasteiger partial charge on any atom is -0.508 e. The highest BCUT2D eigenvalue weighted by Gasteiger charge is 2.47. The number of likely N-dealkylation sites (tertiary alicyclic amines) is 1. The highest BCUT2D eigenvalue weighted by molar-refractivity contribution is 6.03. The Labute approximate surface area is 411 Å². The molecule has 5 aliphatic heterocycles. The maximum atomic E-state index is 17.1. The maximum Gasteiger partial charge on any atom is 0.319 e. The lowest BCUT2D eigenvalue weighted by Crippen LogP contribution is -2.54. The summed E-state index contributed by atoms with van der Waals surface area (Å²) in [6.45, 7) is 14.3. The maximum absolute atomic E-state index is 17.1. The molecule has 1 aliphatic carbocycles. The van der Waals surface area contributed by atoms with Gasteiger partial charge in [-0.2, -0.15) is 9.97 Å². The molecular weight excluding hydrogens is 912 g/mol. The van der Waals surface area contributed by atoms with Crippen molar-refractivity contribution in [3.63, 3.8) is 0 Å². The van der Waals surface area contributed by atoms with E-state index in [1.807, 2.05) is 24.0 Å². The zero-order chi connectivity index (χ0) is 49.4. The summed E-state index contributed by atoms with van der Waals surface area (Å²) in [7, 11) is 0. The number of fused-ring (bicyclic) bond motifs is 3. The lowest BCUT2D eigenvalue weighted by atomic mass is 9.91. The topological polar surface area (TPSA) is 151 Å². The summed E-state index contributed by atoms with van der Waals surface area (Å²) in [6.07, 6.45) is 7.07. The number of β-amino-alcohol motifs (C(OH)–C–C–N with tert-alkyl or cyclic N) is 1. The SMILES string of the molecule is C=C1CC[C@H](N2Cc3cc(N4CCN(CC5(F)CCN(CC6(COc7nc(N8CCC[C@@](C)(O)C8)c8cnc(-c9cc(O)cc%10ccc(F)c(CC)c9%10)c(F)c8n7)CC6)CC5)CC4)ccc3C2=O)C(=O)N1. The molecule has 7 heterocycles. The molecule has 2 atom stereocenters. The smallest absolute Gasteiger partial charge is 0.319 e. The van der Waals surface area contributed by atoms with E-state index in [0.29, 0.717) is 123 Å². The first-order valence-corrected chi connectivity index (χ1v) is 25.3. The molecule has 11 rings (SSSR count). The van der Waals surface area contributed by atoms with Gasteiger partial charge >= 0.3 is 6.01 Å². The van der Waals surface area contributed by atoms with Crippen LogP contribution >= 0.6 is 0 Å². The van der Waals surface area contributed by atoms with Gasteiger partial charge in [0, 0.05) is 106 Å². The number of phenolic OH excluding ortho intramolecular Hbond substituents is 1. The molecule has 374 valence electrons. The summed E-state index contributed by atoms with van der Waals surface area (Å²) in [5.74, 6) is -1.18. The van der Waals surface area contributed by atoms with Crippen molar-refractivity contribution in [1.82, 2.24) is 35.0 Å². The van der Waals surface area contributed by atoms with Crippen molar-refractivity contribution in [2.24, 2.45) is 5.41 Å². The molecular formula is C54H62F3N9O5. The molecule has 0 bridgehead atoms. The van der Waals surface area contributed by atoms with E-state index in [9.17, 15) is 19.8 Å². The van der Waals surface area contributed by atoms with Crippen molar-refractivity contribution in [3.8, 4) is 23.0 Å². The molecule has 2 aromatic heterocycles. The van der Waals surface area contributed by atoms with E-state index >= 15 is 13.2 Å². The zero-order valence-electron chi connectivity index (χ0n) is 40.6. The molecule has 6 aliphatic rings. The number of aromatic hydroxyl groups is 1. The fourth-order valence-electron chi connectivity index (χ4n) is 11.8. The van der Waals surface area contributed by atoms with Gasteiger partial charge in [-0.15, -0.1) is 0 Å². The molecule has 0 unspecified atom stereocenters. The third-order valence-electron chi connectivity index (χ3n) is 16.0. The summed E-state index contributed by atoms with van der Waals surface area (Å²) in [4.78, 5) is 50.5. The molecule has 2 amide bonds. The van der Waals surface area contributed by atoms with Crippen LogP contribution in [0.1, 0.15) is 86.7 Å². The van der Waals surface area contributed by atoms with Crippen LogP contribution in [-0.4, -0.2) is 141 Å². The van der Waals surface area contributed by atoms with E-state index in [0.717, 1.165) is 56.8 Å². The number of phenols is 1. The van der Waals surface area contributed by atoms with E-state index in [-0.39, 0.29) is 52.3 Å². The lowest BCUT2D eigenvalue weighted by Gasteiger charge is -2.43. The van der Waals surface area contributed by atoms with Crippen molar-refractivity contribution in [2.75, 3.05) is 81.9 Å². The number of pyridine rings is 1. The molecule has 71 heavy (non-hydrogen) atoms. The van der Waals surface area contributed by atoms with E-state index in [1.54, 1.807) is 17.9 Å². The number of carbonyl (C=O) groups is 2. The van der Waals surface area contributed by atoms with Crippen LogP contribution < -0.4 is 19.9 Å². The van der Waals surface area contributed by atoms with Crippen LogP contribution in [-0.2, 0) is 17.8 Å². The van der Waals surface area contributed by atoms with Gasteiger partial charge in [-0.1, -0.05) is 19.6 Å². The number of nitrogens with zero attached hydrogens (tertiary/aromatic N) is 8. The number of piperazine rings is 1. The standard InChI is InChI=1S/C54H62F3N9O5/c1-4-38-42(55)10-7-34-25-37(67)26-40(44(34)38)46-45(56)47-41(27-58-46)48(65-17-5-12-52(3,70)29-65)61-51(60-47)71-32-53(13-14-53)30-62-18-15-54(57,16-19-62)31-63-20-22-64(23-21-63)36-8-9-39-35(24-36)28-66(50(39)69)43-11-6-33(2)59-49(43)68/h7-10,24-27,43,67,70H,2,4-6,11-23,28-32H2,1,3H3,(H,59,68)/t43-,52+/m0/s1. The summed E-state index contributed by atoms with van der Waals surface area (Å²) in [5.41, 5.74) is 1.33. The van der Waals surface area contributed by atoms with E-state index < -0.39 is 28.9 Å². The number of anilines is 2. The van der Waals surface area contributed by atoms with Crippen LogP contribution in [0.15, 0.2) is 60.9 Å². The first kappa shape index (κ1) is 47.3. The van der Waals surface area contributed by atoms with E-state index in [2.05, 4.69) is 42.6 Å². The van der Waals surface area contributed by atoms with Crippen molar-refractivity contribution in [3.05, 3.63) is 89.3 Å². The van der Waals surface area contributed by atoms with Gasteiger partial charge in [0.05, 0.1) is 17.6 Å². The van der Waals surface area contributed by atoms with Crippen LogP contribution in [0.25, 0.3) is 32.9 Å². The fraction of sp³-hybridized carbons (Fsp3) is 0.500. The Balaban J connectivity index is 0.733. The van der Waals surface area contributed by atoms with Crippen molar-refractivity contribution >= 4 is 45.0 Å². The number of hydrogen-bond donors (Lipinski definition) is 3. The first-order valence-electron chi connectivity index (χ1n) is 25.3. The average molecular weight is 974 g/mol. The quantitative estimate of drug-likeness (QED) is 0.115. The number of nitrogens with one attached hydrogen (secondary N) is 1. The number of rotatable bonds is 12. The Hall–Kier alpha value is -6.04. The third kappa shape index (κ3) is 9.25. The first-order chi connectivity index (χ1) is 34.1. The predicted molar refractivity (Wildman–Crippen MR) is 265 cm³/mol. The number of aromatic nitrogens is 3. The molecule has 3 N–H and O–H groups in total. The summed E-state index contributed by atoms with van der Waals surface area (Å²) >= 11 is 0. The second-order valence-corrected chi connectivity index (χ2v) is 21.4.